The molecule has 0 bridgehead atoms. The van der Waals surface area contributed by atoms with E-state index in [-0.39, 0.29) is 22.6 Å². The SMILES string of the molecule is O=C(c1cccc(NS(=O)(=O)c2ccccc2)c1)N1CCN(C(=O)C2CCC2)CC1. The predicted molar refractivity (Wildman–Crippen MR) is 114 cm³/mol. The third kappa shape index (κ3) is 4.33. The Bertz CT molecular complexity index is 1030. The van der Waals surface area contributed by atoms with Gasteiger partial charge in [-0.15, -0.1) is 0 Å². The van der Waals surface area contributed by atoms with Gasteiger partial charge in [-0.1, -0.05) is 30.7 Å². The van der Waals surface area contributed by atoms with Crippen LogP contribution in [0, 0.1) is 5.92 Å². The van der Waals surface area contributed by atoms with E-state index in [1.54, 1.807) is 47.4 Å². The third-order valence-corrected chi connectivity index (χ3v) is 7.15. The van der Waals surface area contributed by atoms with E-state index >= 15 is 0 Å². The molecular weight excluding hydrogens is 402 g/mol. The second-order valence-corrected chi connectivity index (χ2v) is 9.43. The predicted octanol–water partition coefficient (Wildman–Crippen LogP) is 2.57. The fourth-order valence-electron chi connectivity index (χ4n) is 3.76. The van der Waals surface area contributed by atoms with Gasteiger partial charge in [0.25, 0.3) is 15.9 Å². The van der Waals surface area contributed by atoms with Crippen molar-refractivity contribution in [1.29, 1.82) is 0 Å². The molecule has 2 aliphatic rings. The van der Waals surface area contributed by atoms with Crippen LogP contribution in [0.4, 0.5) is 5.69 Å². The number of hydrogen-bond donors (Lipinski definition) is 1. The Labute approximate surface area is 176 Å². The molecule has 7 nitrogen and oxygen atoms in total. The molecule has 2 amide bonds. The molecule has 1 aliphatic heterocycles. The maximum atomic E-state index is 12.9. The van der Waals surface area contributed by atoms with Crippen LogP contribution in [0.3, 0.4) is 0 Å². The van der Waals surface area contributed by atoms with Gasteiger partial charge in [0.05, 0.1) is 4.90 Å². The molecule has 0 spiro atoms. The minimum Gasteiger partial charge on any atom is -0.339 e. The van der Waals surface area contributed by atoms with E-state index in [4.69, 9.17) is 0 Å². The second kappa shape index (κ2) is 8.47. The number of hydrogen-bond acceptors (Lipinski definition) is 4. The number of carbonyl (C=O) groups is 2. The minimum absolute atomic E-state index is 0.161. The Morgan fingerprint density at radius 1 is 0.867 bits per heavy atom. The van der Waals surface area contributed by atoms with E-state index in [0.29, 0.717) is 37.4 Å². The first-order chi connectivity index (χ1) is 14.4. The number of amides is 2. The van der Waals surface area contributed by atoms with Gasteiger partial charge in [-0.2, -0.15) is 0 Å². The Morgan fingerprint density at radius 3 is 2.17 bits per heavy atom. The summed E-state index contributed by atoms with van der Waals surface area (Å²) >= 11 is 0. The number of sulfonamides is 1. The lowest BCUT2D eigenvalue weighted by molar-refractivity contribution is -0.139. The van der Waals surface area contributed by atoms with Crippen LogP contribution in [0.25, 0.3) is 0 Å². The molecule has 1 saturated carbocycles. The Morgan fingerprint density at radius 2 is 1.53 bits per heavy atom. The Hall–Kier alpha value is -2.87. The first kappa shape index (κ1) is 20.4. The molecule has 30 heavy (non-hydrogen) atoms. The molecule has 0 unspecified atom stereocenters. The van der Waals surface area contributed by atoms with Crippen LogP contribution in [0.5, 0.6) is 0 Å². The highest BCUT2D eigenvalue weighted by atomic mass is 32.2. The van der Waals surface area contributed by atoms with Gasteiger partial charge in [-0.25, -0.2) is 8.42 Å². The van der Waals surface area contributed by atoms with Gasteiger partial charge in [0.1, 0.15) is 0 Å². The van der Waals surface area contributed by atoms with Crippen molar-refractivity contribution in [3.05, 3.63) is 60.2 Å². The molecule has 8 heteroatoms. The molecule has 4 rings (SSSR count). The topological polar surface area (TPSA) is 86.8 Å². The largest absolute Gasteiger partial charge is 0.339 e. The number of rotatable bonds is 5. The molecule has 1 aliphatic carbocycles. The van der Waals surface area contributed by atoms with E-state index < -0.39 is 10.0 Å². The van der Waals surface area contributed by atoms with Crippen LogP contribution >= 0.6 is 0 Å². The van der Waals surface area contributed by atoms with E-state index in [1.807, 2.05) is 4.90 Å². The number of piperazine rings is 1. The Kier molecular flexibility index (Phi) is 5.76. The van der Waals surface area contributed by atoms with Gasteiger partial charge in [-0.3, -0.25) is 14.3 Å². The van der Waals surface area contributed by atoms with Crippen LogP contribution < -0.4 is 4.72 Å². The molecule has 0 aromatic heterocycles. The van der Waals surface area contributed by atoms with Gasteiger partial charge in [0, 0.05) is 43.3 Å². The normalized spacial score (nSPS) is 17.3. The van der Waals surface area contributed by atoms with Gasteiger partial charge in [-0.05, 0) is 43.2 Å². The zero-order valence-electron chi connectivity index (χ0n) is 16.7. The summed E-state index contributed by atoms with van der Waals surface area (Å²) in [5.74, 6) is 0.221. The summed E-state index contributed by atoms with van der Waals surface area (Å²) in [6.07, 6.45) is 3.08. The van der Waals surface area contributed by atoms with Crippen LogP contribution in [-0.4, -0.2) is 56.2 Å². The van der Waals surface area contributed by atoms with Crippen LogP contribution in [0.15, 0.2) is 59.5 Å². The summed E-state index contributed by atoms with van der Waals surface area (Å²) < 4.78 is 27.6. The van der Waals surface area contributed by atoms with Crippen molar-refractivity contribution in [2.24, 2.45) is 5.92 Å². The molecule has 158 valence electrons. The molecule has 1 heterocycles. The Balaban J connectivity index is 1.40. The third-order valence-electron chi connectivity index (χ3n) is 5.75. The maximum absolute atomic E-state index is 12.9. The summed E-state index contributed by atoms with van der Waals surface area (Å²) in [7, 11) is -3.72. The quantitative estimate of drug-likeness (QED) is 0.795. The fourth-order valence-corrected chi connectivity index (χ4v) is 4.83. The van der Waals surface area contributed by atoms with E-state index in [1.165, 1.54) is 12.1 Å². The number of anilines is 1. The molecule has 0 radical (unpaired) electrons. The van der Waals surface area contributed by atoms with Crippen molar-refractivity contribution in [3.63, 3.8) is 0 Å². The van der Waals surface area contributed by atoms with E-state index in [2.05, 4.69) is 4.72 Å². The molecular formula is C22H25N3O4S. The van der Waals surface area contributed by atoms with Crippen molar-refractivity contribution in [2.75, 3.05) is 30.9 Å². The number of nitrogens with one attached hydrogen (secondary N) is 1. The maximum Gasteiger partial charge on any atom is 0.261 e. The first-order valence-electron chi connectivity index (χ1n) is 10.2. The average Bonchev–Trinajstić information content (AvgIpc) is 2.72. The molecule has 2 fully saturated rings. The fraction of sp³-hybridized carbons (Fsp3) is 0.364. The molecule has 0 atom stereocenters. The average molecular weight is 428 g/mol. The summed E-state index contributed by atoms with van der Waals surface area (Å²) in [4.78, 5) is 29.0. The van der Waals surface area contributed by atoms with Crippen LogP contribution in [0.2, 0.25) is 0 Å². The van der Waals surface area contributed by atoms with Gasteiger partial charge < -0.3 is 9.80 Å². The number of carbonyl (C=O) groups excluding carboxylic acids is 2. The van der Waals surface area contributed by atoms with Gasteiger partial charge >= 0.3 is 0 Å². The summed E-state index contributed by atoms with van der Waals surface area (Å²) in [5, 5.41) is 0. The van der Waals surface area contributed by atoms with E-state index in [0.717, 1.165) is 19.3 Å². The highest BCUT2D eigenvalue weighted by Crippen LogP contribution is 2.28. The number of benzene rings is 2. The molecule has 2 aromatic rings. The second-order valence-electron chi connectivity index (χ2n) is 7.74. The lowest BCUT2D eigenvalue weighted by atomic mass is 9.84. The molecule has 2 aromatic carbocycles. The molecule has 1 saturated heterocycles. The lowest BCUT2D eigenvalue weighted by Gasteiger charge is -2.38. The lowest BCUT2D eigenvalue weighted by Crippen LogP contribution is -2.52. The summed E-state index contributed by atoms with van der Waals surface area (Å²) in [6, 6.07) is 14.6. The number of nitrogens with zero attached hydrogens (tertiary/aromatic N) is 2. The highest BCUT2D eigenvalue weighted by Gasteiger charge is 2.32. The first-order valence-corrected chi connectivity index (χ1v) is 11.7. The monoisotopic (exact) mass is 427 g/mol. The van der Waals surface area contributed by atoms with Gasteiger partial charge in [0.2, 0.25) is 5.91 Å². The highest BCUT2D eigenvalue weighted by molar-refractivity contribution is 7.92. The van der Waals surface area contributed by atoms with Crippen molar-refractivity contribution in [1.82, 2.24) is 9.80 Å². The van der Waals surface area contributed by atoms with Gasteiger partial charge in [0.15, 0.2) is 0 Å². The van der Waals surface area contributed by atoms with Crippen LogP contribution in [0.1, 0.15) is 29.6 Å². The van der Waals surface area contributed by atoms with Crippen molar-refractivity contribution < 1.29 is 18.0 Å². The summed E-state index contributed by atoms with van der Waals surface area (Å²) in [6.45, 7) is 2.05. The smallest absolute Gasteiger partial charge is 0.261 e. The summed E-state index contributed by atoms with van der Waals surface area (Å²) in [5.41, 5.74) is 0.755. The zero-order valence-corrected chi connectivity index (χ0v) is 17.5. The van der Waals surface area contributed by atoms with E-state index in [9.17, 15) is 18.0 Å². The van der Waals surface area contributed by atoms with Crippen molar-refractivity contribution >= 4 is 27.5 Å². The van der Waals surface area contributed by atoms with Crippen LogP contribution in [-0.2, 0) is 14.8 Å². The standard InChI is InChI=1S/C22H25N3O4S/c26-21(17-6-4-7-17)24-12-14-25(15-13-24)22(27)18-8-5-9-19(16-18)23-30(28,29)20-10-2-1-3-11-20/h1-3,5,8-11,16-17,23H,4,6-7,12-15H2. The molecule has 1 N–H and O–H groups in total. The van der Waals surface area contributed by atoms with Crippen molar-refractivity contribution in [3.8, 4) is 0 Å². The van der Waals surface area contributed by atoms with Crippen molar-refractivity contribution in [2.45, 2.75) is 24.2 Å². The zero-order chi connectivity index (χ0) is 21.1. The minimum atomic E-state index is -3.72.